The van der Waals surface area contributed by atoms with Crippen LogP contribution in [0, 0.1) is 0 Å². The molecular formula is C16H16N2O4. The van der Waals surface area contributed by atoms with Crippen LogP contribution < -0.4 is 0 Å². The molecule has 0 unspecified atom stereocenters. The molecule has 0 N–H and O–H groups in total. The number of benzene rings is 1. The quantitative estimate of drug-likeness (QED) is 0.769. The number of likely N-dealkylation sites (tertiary alicyclic amines) is 2. The SMILES string of the molecule is O=C1CCCN1C(=O)c1cccc(C(=O)N2CCCC2=O)c1. The number of carbonyl (C=O) groups excluding carboxylic acids is 4. The topological polar surface area (TPSA) is 74.8 Å². The van der Waals surface area contributed by atoms with Crippen molar-refractivity contribution in [3.05, 3.63) is 35.4 Å². The van der Waals surface area contributed by atoms with Crippen molar-refractivity contribution in [2.45, 2.75) is 25.7 Å². The largest absolute Gasteiger partial charge is 0.279 e. The number of amides is 4. The van der Waals surface area contributed by atoms with Gasteiger partial charge < -0.3 is 0 Å². The van der Waals surface area contributed by atoms with E-state index in [1.807, 2.05) is 0 Å². The standard InChI is InChI=1S/C16H16N2O4/c19-13-6-2-8-17(13)15(21)11-4-1-5-12(10-11)16(22)18-9-3-7-14(18)20/h1,4-5,10H,2-3,6-9H2. The molecule has 114 valence electrons. The van der Waals surface area contributed by atoms with E-state index in [0.29, 0.717) is 49.9 Å². The van der Waals surface area contributed by atoms with Crippen molar-refractivity contribution in [2.24, 2.45) is 0 Å². The van der Waals surface area contributed by atoms with Crippen LogP contribution >= 0.6 is 0 Å². The molecule has 0 atom stereocenters. The highest BCUT2D eigenvalue weighted by atomic mass is 16.2. The van der Waals surface area contributed by atoms with Gasteiger partial charge in [-0.1, -0.05) is 6.07 Å². The molecular weight excluding hydrogens is 284 g/mol. The van der Waals surface area contributed by atoms with Crippen LogP contribution in [0.2, 0.25) is 0 Å². The Labute approximate surface area is 127 Å². The maximum atomic E-state index is 12.3. The number of hydrogen-bond donors (Lipinski definition) is 0. The summed E-state index contributed by atoms with van der Waals surface area (Å²) in [6.45, 7) is 0.834. The van der Waals surface area contributed by atoms with Crippen molar-refractivity contribution in [3.8, 4) is 0 Å². The van der Waals surface area contributed by atoms with E-state index in [1.54, 1.807) is 18.2 Å². The highest BCUT2D eigenvalue weighted by Gasteiger charge is 2.30. The van der Waals surface area contributed by atoms with Crippen LogP contribution in [0.4, 0.5) is 0 Å². The maximum Gasteiger partial charge on any atom is 0.260 e. The van der Waals surface area contributed by atoms with E-state index in [0.717, 1.165) is 0 Å². The van der Waals surface area contributed by atoms with Gasteiger partial charge in [0, 0.05) is 37.1 Å². The lowest BCUT2D eigenvalue weighted by Gasteiger charge is -2.16. The Morgan fingerprint density at radius 3 is 1.64 bits per heavy atom. The van der Waals surface area contributed by atoms with Crippen LogP contribution in [0.15, 0.2) is 24.3 Å². The normalized spacial score (nSPS) is 18.2. The second-order valence-electron chi connectivity index (χ2n) is 5.49. The molecule has 0 bridgehead atoms. The summed E-state index contributed by atoms with van der Waals surface area (Å²) in [7, 11) is 0. The summed E-state index contributed by atoms with van der Waals surface area (Å²) in [4.78, 5) is 50.4. The first kappa shape index (κ1) is 14.4. The molecule has 6 nitrogen and oxygen atoms in total. The molecule has 1 aromatic carbocycles. The molecule has 2 aliphatic rings. The minimum Gasteiger partial charge on any atom is -0.279 e. The van der Waals surface area contributed by atoms with Gasteiger partial charge in [0.1, 0.15) is 0 Å². The molecule has 2 aliphatic heterocycles. The Kier molecular flexibility index (Phi) is 3.75. The summed E-state index contributed by atoms with van der Waals surface area (Å²) in [5, 5.41) is 0. The second-order valence-corrected chi connectivity index (χ2v) is 5.49. The van der Waals surface area contributed by atoms with Crippen molar-refractivity contribution < 1.29 is 19.2 Å². The molecule has 0 saturated carbocycles. The molecule has 0 radical (unpaired) electrons. The van der Waals surface area contributed by atoms with E-state index in [9.17, 15) is 19.2 Å². The van der Waals surface area contributed by atoms with Gasteiger partial charge >= 0.3 is 0 Å². The zero-order chi connectivity index (χ0) is 15.7. The minimum atomic E-state index is -0.384. The fourth-order valence-electron chi connectivity index (χ4n) is 2.82. The summed E-state index contributed by atoms with van der Waals surface area (Å²) in [5.41, 5.74) is 0.598. The summed E-state index contributed by atoms with van der Waals surface area (Å²) in [5.74, 6) is -1.14. The summed E-state index contributed by atoms with van der Waals surface area (Å²) in [6, 6.07) is 6.22. The van der Waals surface area contributed by atoms with Crippen LogP contribution in [-0.2, 0) is 9.59 Å². The molecule has 0 spiro atoms. The molecule has 3 rings (SSSR count). The molecule has 2 heterocycles. The number of hydrogen-bond acceptors (Lipinski definition) is 4. The van der Waals surface area contributed by atoms with Gasteiger partial charge in [0.05, 0.1) is 0 Å². The van der Waals surface area contributed by atoms with Gasteiger partial charge in [-0.25, -0.2) is 0 Å². The number of imide groups is 2. The average Bonchev–Trinajstić information content (AvgIpc) is 3.14. The van der Waals surface area contributed by atoms with Crippen LogP contribution in [0.1, 0.15) is 46.4 Å². The Morgan fingerprint density at radius 1 is 0.818 bits per heavy atom. The van der Waals surface area contributed by atoms with Crippen molar-refractivity contribution in [3.63, 3.8) is 0 Å². The molecule has 0 aliphatic carbocycles. The average molecular weight is 300 g/mol. The predicted molar refractivity (Wildman–Crippen MR) is 77.0 cm³/mol. The van der Waals surface area contributed by atoms with Gasteiger partial charge in [-0.05, 0) is 31.0 Å². The minimum absolute atomic E-state index is 0.184. The van der Waals surface area contributed by atoms with Crippen molar-refractivity contribution in [2.75, 3.05) is 13.1 Å². The second kappa shape index (κ2) is 5.71. The van der Waals surface area contributed by atoms with Crippen LogP contribution in [-0.4, -0.2) is 46.5 Å². The van der Waals surface area contributed by atoms with Crippen molar-refractivity contribution >= 4 is 23.6 Å². The lowest BCUT2D eigenvalue weighted by molar-refractivity contribution is -0.126. The molecule has 0 aromatic heterocycles. The molecule has 1 aromatic rings. The van der Waals surface area contributed by atoms with Crippen molar-refractivity contribution in [1.82, 2.24) is 9.80 Å². The van der Waals surface area contributed by atoms with Crippen LogP contribution in [0.5, 0.6) is 0 Å². The van der Waals surface area contributed by atoms with Gasteiger partial charge in [-0.15, -0.1) is 0 Å². The van der Waals surface area contributed by atoms with Gasteiger partial charge in [-0.3, -0.25) is 29.0 Å². The molecule has 2 fully saturated rings. The van der Waals surface area contributed by atoms with Gasteiger partial charge in [-0.2, -0.15) is 0 Å². The Hall–Kier alpha value is -2.50. The van der Waals surface area contributed by atoms with E-state index >= 15 is 0 Å². The van der Waals surface area contributed by atoms with Gasteiger partial charge in [0.2, 0.25) is 11.8 Å². The highest BCUT2D eigenvalue weighted by molar-refractivity contribution is 6.09. The number of carbonyl (C=O) groups is 4. The molecule has 2 saturated heterocycles. The Balaban J connectivity index is 1.83. The molecule has 6 heteroatoms. The van der Waals surface area contributed by atoms with E-state index in [4.69, 9.17) is 0 Å². The predicted octanol–water partition coefficient (Wildman–Crippen LogP) is 1.21. The summed E-state index contributed by atoms with van der Waals surface area (Å²) in [6.07, 6.45) is 2.11. The summed E-state index contributed by atoms with van der Waals surface area (Å²) < 4.78 is 0. The third-order valence-corrected chi connectivity index (χ3v) is 3.99. The first-order chi connectivity index (χ1) is 10.6. The fraction of sp³-hybridized carbons (Fsp3) is 0.375. The summed E-state index contributed by atoms with van der Waals surface area (Å²) >= 11 is 0. The van der Waals surface area contributed by atoms with E-state index < -0.39 is 0 Å². The molecule has 4 amide bonds. The van der Waals surface area contributed by atoms with Crippen molar-refractivity contribution in [1.29, 1.82) is 0 Å². The van der Waals surface area contributed by atoms with Crippen LogP contribution in [0.25, 0.3) is 0 Å². The Morgan fingerprint density at radius 2 is 1.27 bits per heavy atom. The van der Waals surface area contributed by atoms with Gasteiger partial charge in [0.15, 0.2) is 0 Å². The van der Waals surface area contributed by atoms with E-state index in [2.05, 4.69) is 0 Å². The third-order valence-electron chi connectivity index (χ3n) is 3.99. The fourth-order valence-corrected chi connectivity index (χ4v) is 2.82. The highest BCUT2D eigenvalue weighted by Crippen LogP contribution is 2.18. The lowest BCUT2D eigenvalue weighted by Crippen LogP contribution is -2.33. The smallest absolute Gasteiger partial charge is 0.260 e. The first-order valence-corrected chi connectivity index (χ1v) is 7.37. The van der Waals surface area contributed by atoms with E-state index in [1.165, 1.54) is 15.9 Å². The lowest BCUT2D eigenvalue weighted by atomic mass is 10.1. The van der Waals surface area contributed by atoms with Gasteiger partial charge in [0.25, 0.3) is 11.8 Å². The Bertz CT molecular complexity index is 615. The zero-order valence-electron chi connectivity index (χ0n) is 12.1. The van der Waals surface area contributed by atoms with Crippen LogP contribution in [0.3, 0.4) is 0 Å². The monoisotopic (exact) mass is 300 g/mol. The third kappa shape index (κ3) is 2.52. The van der Waals surface area contributed by atoms with E-state index in [-0.39, 0.29) is 23.6 Å². The number of nitrogens with zero attached hydrogens (tertiary/aromatic N) is 2. The first-order valence-electron chi connectivity index (χ1n) is 7.37. The maximum absolute atomic E-state index is 12.3. The zero-order valence-corrected chi connectivity index (χ0v) is 12.1. The number of rotatable bonds is 2. The molecule has 22 heavy (non-hydrogen) atoms.